The molecule has 5 heterocycles. The molecule has 3 aromatic rings. The predicted octanol–water partition coefficient (Wildman–Crippen LogP) is 3.16. The van der Waals surface area contributed by atoms with Crippen molar-refractivity contribution in [3.63, 3.8) is 0 Å². The number of ether oxygens (including phenoxy) is 1. The summed E-state index contributed by atoms with van der Waals surface area (Å²) in [6.45, 7) is 5.07. The first-order valence-corrected chi connectivity index (χ1v) is 10.8. The average molecular weight is 407 g/mol. The largest absolute Gasteiger partial charge is 0.377 e. The van der Waals surface area contributed by atoms with Gasteiger partial charge in [-0.05, 0) is 31.7 Å². The minimum atomic E-state index is -0.0870. The highest BCUT2D eigenvalue weighted by atomic mass is 16.5. The summed E-state index contributed by atoms with van der Waals surface area (Å²) in [6, 6.07) is 4.31. The lowest BCUT2D eigenvalue weighted by Crippen LogP contribution is -2.41. The van der Waals surface area contributed by atoms with Crippen LogP contribution in [0.2, 0.25) is 0 Å². The zero-order valence-corrected chi connectivity index (χ0v) is 17.1. The van der Waals surface area contributed by atoms with Gasteiger partial charge < -0.3 is 14.2 Å². The lowest BCUT2D eigenvalue weighted by atomic mass is 9.92. The molecule has 2 saturated heterocycles. The summed E-state index contributed by atoms with van der Waals surface area (Å²) in [5.74, 6) is 1.32. The van der Waals surface area contributed by atoms with E-state index in [0.717, 1.165) is 61.1 Å². The maximum Gasteiger partial charge on any atom is 0.228 e. The highest BCUT2D eigenvalue weighted by molar-refractivity contribution is 5.85. The lowest BCUT2D eigenvalue weighted by molar-refractivity contribution is -0.137. The van der Waals surface area contributed by atoms with Gasteiger partial charge in [0.05, 0.1) is 36.7 Å². The van der Waals surface area contributed by atoms with Crippen LogP contribution < -0.4 is 0 Å². The Labute approximate surface area is 174 Å². The molecule has 3 aliphatic rings. The number of likely N-dealkylation sites (tertiary alicyclic amines) is 1. The van der Waals surface area contributed by atoms with Gasteiger partial charge in [-0.2, -0.15) is 5.10 Å². The number of aromatic nitrogens is 4. The number of carbonyl (C=O) groups excluding carboxylic acids is 1. The Hall–Kier alpha value is -2.74. The predicted molar refractivity (Wildman–Crippen MR) is 109 cm³/mol. The molecule has 156 valence electrons. The monoisotopic (exact) mass is 407 g/mol. The Morgan fingerprint density at radius 3 is 2.67 bits per heavy atom. The third-order valence-corrected chi connectivity index (χ3v) is 6.94. The molecule has 6 rings (SSSR count). The van der Waals surface area contributed by atoms with Crippen LogP contribution in [0.5, 0.6) is 0 Å². The molecule has 3 aromatic heterocycles. The molecular formula is C22H25N5O3. The van der Waals surface area contributed by atoms with Gasteiger partial charge in [-0.1, -0.05) is 12.1 Å². The number of piperidine rings is 1. The van der Waals surface area contributed by atoms with Gasteiger partial charge in [0.25, 0.3) is 0 Å². The van der Waals surface area contributed by atoms with Crippen LogP contribution in [0.1, 0.15) is 50.3 Å². The van der Waals surface area contributed by atoms with Gasteiger partial charge in [0.15, 0.2) is 5.76 Å². The first kappa shape index (κ1) is 18.1. The van der Waals surface area contributed by atoms with Gasteiger partial charge >= 0.3 is 0 Å². The van der Waals surface area contributed by atoms with E-state index in [1.807, 2.05) is 34.1 Å². The fraction of sp³-hybridized carbons (Fsp3) is 0.545. The summed E-state index contributed by atoms with van der Waals surface area (Å²) in [4.78, 5) is 19.2. The molecule has 0 bridgehead atoms. The summed E-state index contributed by atoms with van der Waals surface area (Å²) in [5, 5.41) is 9.84. The molecule has 1 saturated carbocycles. The molecule has 0 atom stereocenters. The molecule has 0 spiro atoms. The first-order chi connectivity index (χ1) is 14.6. The normalized spacial score (nSPS) is 21.7. The SMILES string of the molecule is CC1(C(=O)N2CCC(c3cc(-c4cc5c(cn4)cnn5C4COC4)on3)CC2)CC1. The molecule has 8 heteroatoms. The molecule has 0 radical (unpaired) electrons. The fourth-order valence-corrected chi connectivity index (χ4v) is 4.49. The number of pyridine rings is 1. The molecule has 0 N–H and O–H groups in total. The molecule has 0 unspecified atom stereocenters. The Kier molecular flexibility index (Phi) is 3.99. The third kappa shape index (κ3) is 2.93. The Balaban J connectivity index is 1.19. The summed E-state index contributed by atoms with van der Waals surface area (Å²) in [5.41, 5.74) is 2.66. The highest BCUT2D eigenvalue weighted by Crippen LogP contribution is 2.47. The van der Waals surface area contributed by atoms with Gasteiger partial charge in [-0.15, -0.1) is 0 Å². The molecule has 30 heavy (non-hydrogen) atoms. The number of hydrogen-bond donors (Lipinski definition) is 0. The summed E-state index contributed by atoms with van der Waals surface area (Å²) < 4.78 is 13.0. The van der Waals surface area contributed by atoms with Crippen LogP contribution in [0.15, 0.2) is 29.0 Å². The summed E-state index contributed by atoms with van der Waals surface area (Å²) in [7, 11) is 0. The number of hydrogen-bond acceptors (Lipinski definition) is 6. The average Bonchev–Trinajstić information content (AvgIpc) is 3.15. The van der Waals surface area contributed by atoms with Crippen molar-refractivity contribution < 1.29 is 14.1 Å². The van der Waals surface area contributed by atoms with Crippen molar-refractivity contribution in [1.82, 2.24) is 24.8 Å². The molecule has 2 aliphatic heterocycles. The zero-order valence-electron chi connectivity index (χ0n) is 17.1. The number of fused-ring (bicyclic) bond motifs is 1. The van der Waals surface area contributed by atoms with Crippen molar-refractivity contribution >= 4 is 16.8 Å². The van der Waals surface area contributed by atoms with Crippen molar-refractivity contribution in [2.45, 2.75) is 44.6 Å². The maximum atomic E-state index is 12.6. The summed E-state index contributed by atoms with van der Waals surface area (Å²) in [6.07, 6.45) is 7.58. The minimum Gasteiger partial charge on any atom is -0.377 e. The van der Waals surface area contributed by atoms with Crippen molar-refractivity contribution in [2.24, 2.45) is 5.41 Å². The maximum absolute atomic E-state index is 12.6. The van der Waals surface area contributed by atoms with Crippen LogP contribution in [0.3, 0.4) is 0 Å². The van der Waals surface area contributed by atoms with Crippen LogP contribution in [0.4, 0.5) is 0 Å². The lowest BCUT2D eigenvalue weighted by Gasteiger charge is -2.32. The van der Waals surface area contributed by atoms with Crippen LogP contribution in [-0.4, -0.2) is 57.0 Å². The van der Waals surface area contributed by atoms with E-state index in [9.17, 15) is 4.79 Å². The van der Waals surface area contributed by atoms with Crippen molar-refractivity contribution in [1.29, 1.82) is 0 Å². The quantitative estimate of drug-likeness (QED) is 0.660. The first-order valence-electron chi connectivity index (χ1n) is 10.8. The topological polar surface area (TPSA) is 86.3 Å². The smallest absolute Gasteiger partial charge is 0.228 e. The minimum absolute atomic E-state index is 0.0870. The van der Waals surface area contributed by atoms with Crippen LogP contribution in [-0.2, 0) is 9.53 Å². The van der Waals surface area contributed by atoms with E-state index < -0.39 is 0 Å². The van der Waals surface area contributed by atoms with E-state index in [0.29, 0.717) is 30.8 Å². The van der Waals surface area contributed by atoms with Crippen molar-refractivity contribution in [3.8, 4) is 11.5 Å². The number of amides is 1. The number of nitrogens with zero attached hydrogens (tertiary/aromatic N) is 5. The van der Waals surface area contributed by atoms with Crippen LogP contribution >= 0.6 is 0 Å². The van der Waals surface area contributed by atoms with Gasteiger partial charge in [-0.3, -0.25) is 14.5 Å². The highest BCUT2D eigenvalue weighted by Gasteiger charge is 2.47. The van der Waals surface area contributed by atoms with Gasteiger partial charge in [0.2, 0.25) is 5.91 Å². The Morgan fingerprint density at radius 1 is 1.17 bits per heavy atom. The molecule has 0 aromatic carbocycles. The van der Waals surface area contributed by atoms with E-state index in [1.54, 1.807) is 0 Å². The second-order valence-electron chi connectivity index (χ2n) is 9.15. The van der Waals surface area contributed by atoms with Crippen molar-refractivity contribution in [3.05, 3.63) is 30.2 Å². The van der Waals surface area contributed by atoms with E-state index in [4.69, 9.17) is 9.26 Å². The van der Waals surface area contributed by atoms with Gasteiger partial charge in [0, 0.05) is 42.1 Å². The Bertz CT molecular complexity index is 1100. The molecule has 8 nitrogen and oxygen atoms in total. The molecule has 3 fully saturated rings. The molecule has 1 amide bonds. The van der Waals surface area contributed by atoms with Crippen molar-refractivity contribution in [2.75, 3.05) is 26.3 Å². The van der Waals surface area contributed by atoms with Gasteiger partial charge in [0.1, 0.15) is 5.69 Å². The van der Waals surface area contributed by atoms with Crippen LogP contribution in [0, 0.1) is 5.41 Å². The van der Waals surface area contributed by atoms with E-state index in [2.05, 4.69) is 22.2 Å². The summed E-state index contributed by atoms with van der Waals surface area (Å²) >= 11 is 0. The fourth-order valence-electron chi connectivity index (χ4n) is 4.49. The van der Waals surface area contributed by atoms with Crippen LogP contribution in [0.25, 0.3) is 22.4 Å². The zero-order chi connectivity index (χ0) is 20.3. The number of rotatable bonds is 4. The Morgan fingerprint density at radius 2 is 1.97 bits per heavy atom. The second kappa shape index (κ2) is 6.63. The standard InChI is InChI=1S/C22H25N5O3/c1-22(4-5-22)21(28)26-6-2-14(3-7-26)17-9-20(30-25-17)18-8-19-15(10-23-18)11-24-27(19)16-12-29-13-16/h8-11,14,16H,2-7,12-13H2,1H3. The molecular weight excluding hydrogens is 382 g/mol. The van der Waals surface area contributed by atoms with E-state index in [1.165, 1.54) is 0 Å². The second-order valence-corrected chi connectivity index (χ2v) is 9.15. The van der Waals surface area contributed by atoms with Gasteiger partial charge in [-0.25, -0.2) is 0 Å². The number of carbonyl (C=O) groups is 1. The van der Waals surface area contributed by atoms with E-state index >= 15 is 0 Å². The van der Waals surface area contributed by atoms with E-state index in [-0.39, 0.29) is 11.5 Å². The molecule has 1 aliphatic carbocycles. The third-order valence-electron chi connectivity index (χ3n) is 6.94.